The number of unbranched alkanes of at least 4 members (excludes halogenated alkanes) is 25. The topological polar surface area (TPSA) is 69.6 Å². The summed E-state index contributed by atoms with van der Waals surface area (Å²) in [6.45, 7) is 4.26. The minimum absolute atomic E-state index is 0.0790. The highest BCUT2D eigenvalue weighted by atomic mass is 16.3. The Balaban J connectivity index is 3.64. The van der Waals surface area contributed by atoms with E-state index in [0.29, 0.717) is 6.42 Å². The van der Waals surface area contributed by atoms with Gasteiger partial charge in [-0.2, -0.15) is 0 Å². The van der Waals surface area contributed by atoms with Crippen LogP contribution in [0.1, 0.15) is 206 Å². The van der Waals surface area contributed by atoms with Crippen molar-refractivity contribution in [1.82, 2.24) is 5.32 Å². The Morgan fingerprint density at radius 1 is 0.500 bits per heavy atom. The monoisotopic (exact) mass is 672 g/mol. The zero-order chi connectivity index (χ0) is 35.0. The number of hydrogen-bond acceptors (Lipinski definition) is 3. The van der Waals surface area contributed by atoms with E-state index in [1.165, 1.54) is 154 Å². The van der Waals surface area contributed by atoms with Crippen molar-refractivity contribution in [2.75, 3.05) is 6.61 Å². The SMILES string of the molecule is CCCCC/C=C\C=C/CCCCCCCCCCCCC(=O)NC(CO)C(O)/C=C/CC/C=C/CCCCCCCCCCCCC. The van der Waals surface area contributed by atoms with E-state index < -0.39 is 12.1 Å². The van der Waals surface area contributed by atoms with Crippen molar-refractivity contribution in [3.63, 3.8) is 0 Å². The zero-order valence-electron chi connectivity index (χ0n) is 32.0. The molecular formula is C44H81NO3. The molecule has 0 radical (unpaired) electrons. The summed E-state index contributed by atoms with van der Waals surface area (Å²) in [5, 5.41) is 23.0. The number of carbonyl (C=O) groups is 1. The van der Waals surface area contributed by atoms with Crippen molar-refractivity contribution >= 4 is 5.91 Å². The molecule has 0 aromatic heterocycles. The lowest BCUT2D eigenvalue weighted by Gasteiger charge is -2.19. The fraction of sp³-hybridized carbons (Fsp3) is 0.795. The lowest BCUT2D eigenvalue weighted by atomic mass is 10.0. The van der Waals surface area contributed by atoms with Gasteiger partial charge in [0.2, 0.25) is 5.91 Å². The molecule has 1 amide bonds. The van der Waals surface area contributed by atoms with Gasteiger partial charge in [0.05, 0.1) is 18.8 Å². The Morgan fingerprint density at radius 3 is 1.38 bits per heavy atom. The van der Waals surface area contributed by atoms with Gasteiger partial charge in [-0.25, -0.2) is 0 Å². The van der Waals surface area contributed by atoms with Crippen LogP contribution in [-0.2, 0) is 4.79 Å². The second-order valence-corrected chi connectivity index (χ2v) is 14.1. The van der Waals surface area contributed by atoms with Crippen molar-refractivity contribution in [3.05, 3.63) is 48.6 Å². The maximum Gasteiger partial charge on any atom is 0.220 e. The highest BCUT2D eigenvalue weighted by molar-refractivity contribution is 5.76. The van der Waals surface area contributed by atoms with Gasteiger partial charge in [0.1, 0.15) is 0 Å². The summed E-state index contributed by atoms with van der Waals surface area (Å²) in [5.41, 5.74) is 0. The van der Waals surface area contributed by atoms with Crippen LogP contribution in [0.15, 0.2) is 48.6 Å². The maximum atomic E-state index is 12.4. The van der Waals surface area contributed by atoms with E-state index in [0.717, 1.165) is 32.1 Å². The van der Waals surface area contributed by atoms with Crippen LogP contribution in [0.25, 0.3) is 0 Å². The molecule has 0 saturated carbocycles. The summed E-state index contributed by atoms with van der Waals surface area (Å²) in [6.07, 6.45) is 53.5. The average molecular weight is 672 g/mol. The van der Waals surface area contributed by atoms with Gasteiger partial charge in [0.25, 0.3) is 0 Å². The fourth-order valence-corrected chi connectivity index (χ4v) is 6.07. The summed E-state index contributed by atoms with van der Waals surface area (Å²) in [4.78, 5) is 12.4. The molecule has 48 heavy (non-hydrogen) atoms. The molecule has 0 aliphatic rings. The number of nitrogens with one attached hydrogen (secondary N) is 1. The molecule has 4 nitrogen and oxygen atoms in total. The summed E-state index contributed by atoms with van der Waals surface area (Å²) in [5.74, 6) is -0.0790. The van der Waals surface area contributed by atoms with Gasteiger partial charge in [0.15, 0.2) is 0 Å². The number of aliphatic hydroxyl groups is 2. The molecule has 0 aromatic rings. The first kappa shape index (κ1) is 46.4. The van der Waals surface area contributed by atoms with Crippen molar-refractivity contribution in [1.29, 1.82) is 0 Å². The van der Waals surface area contributed by atoms with Gasteiger partial charge in [-0.3, -0.25) is 4.79 Å². The average Bonchev–Trinajstić information content (AvgIpc) is 3.09. The van der Waals surface area contributed by atoms with Crippen molar-refractivity contribution < 1.29 is 15.0 Å². The Morgan fingerprint density at radius 2 is 0.875 bits per heavy atom. The minimum atomic E-state index is -0.863. The van der Waals surface area contributed by atoms with Crippen LogP contribution < -0.4 is 5.32 Å². The van der Waals surface area contributed by atoms with Crippen LogP contribution >= 0.6 is 0 Å². The third-order valence-electron chi connectivity index (χ3n) is 9.31. The predicted molar refractivity (Wildman–Crippen MR) is 211 cm³/mol. The molecule has 0 aromatic carbocycles. The van der Waals surface area contributed by atoms with Crippen molar-refractivity contribution in [3.8, 4) is 0 Å². The fourth-order valence-electron chi connectivity index (χ4n) is 6.07. The smallest absolute Gasteiger partial charge is 0.220 e. The first-order valence-electron chi connectivity index (χ1n) is 20.9. The zero-order valence-corrected chi connectivity index (χ0v) is 32.0. The molecule has 0 rings (SSSR count). The Bertz CT molecular complexity index is 771. The normalized spacial score (nSPS) is 13.5. The molecular weight excluding hydrogens is 590 g/mol. The van der Waals surface area contributed by atoms with Crippen LogP contribution in [-0.4, -0.2) is 34.9 Å². The van der Waals surface area contributed by atoms with Gasteiger partial charge in [-0.05, 0) is 57.8 Å². The molecule has 0 spiro atoms. The van der Waals surface area contributed by atoms with Gasteiger partial charge in [0, 0.05) is 6.42 Å². The summed E-state index contributed by atoms with van der Waals surface area (Å²) in [6, 6.07) is -0.640. The summed E-state index contributed by atoms with van der Waals surface area (Å²) >= 11 is 0. The van der Waals surface area contributed by atoms with E-state index in [1.54, 1.807) is 6.08 Å². The van der Waals surface area contributed by atoms with Gasteiger partial charge in [-0.1, -0.05) is 191 Å². The van der Waals surface area contributed by atoms with E-state index in [-0.39, 0.29) is 12.5 Å². The first-order chi connectivity index (χ1) is 23.7. The van der Waals surface area contributed by atoms with Crippen LogP contribution in [0.5, 0.6) is 0 Å². The van der Waals surface area contributed by atoms with Crippen molar-refractivity contribution in [2.45, 2.75) is 219 Å². The Hall–Kier alpha value is -1.65. The lowest BCUT2D eigenvalue weighted by molar-refractivity contribution is -0.123. The Labute approximate surface area is 299 Å². The van der Waals surface area contributed by atoms with E-state index >= 15 is 0 Å². The summed E-state index contributed by atoms with van der Waals surface area (Å²) < 4.78 is 0. The molecule has 0 fully saturated rings. The standard InChI is InChI=1S/C44H81NO3/c1-3-5-7-9-11-13-15-17-19-21-22-24-26-28-30-32-34-36-38-40-44(48)45-42(41-46)43(47)39-37-35-33-31-29-27-25-23-20-18-16-14-12-10-8-6-4-2/h11,13,15,17,29,31,37,39,42-43,46-47H,3-10,12,14,16,18-28,30,32-36,38,40-41H2,1-2H3,(H,45,48)/b13-11-,17-15-,31-29+,39-37+. The quantitative estimate of drug-likeness (QED) is 0.0350. The van der Waals surface area contributed by atoms with Crippen molar-refractivity contribution in [2.24, 2.45) is 0 Å². The Kier molecular flexibility index (Phi) is 38.4. The molecule has 0 heterocycles. The largest absolute Gasteiger partial charge is 0.394 e. The van der Waals surface area contributed by atoms with Crippen LogP contribution in [0, 0.1) is 0 Å². The maximum absolute atomic E-state index is 12.4. The summed E-state index contributed by atoms with van der Waals surface area (Å²) in [7, 11) is 0. The molecule has 0 saturated heterocycles. The number of hydrogen-bond donors (Lipinski definition) is 3. The van der Waals surface area contributed by atoms with E-state index in [2.05, 4.69) is 55.6 Å². The molecule has 2 unspecified atom stereocenters. The third kappa shape index (κ3) is 35.7. The number of allylic oxidation sites excluding steroid dienone is 7. The minimum Gasteiger partial charge on any atom is -0.394 e. The van der Waals surface area contributed by atoms with Crippen LogP contribution in [0.4, 0.5) is 0 Å². The molecule has 0 aliphatic carbocycles. The second-order valence-electron chi connectivity index (χ2n) is 14.1. The molecule has 4 heteroatoms. The van der Waals surface area contributed by atoms with Gasteiger partial charge < -0.3 is 15.5 Å². The molecule has 2 atom stereocenters. The van der Waals surface area contributed by atoms with E-state index in [1.807, 2.05) is 6.08 Å². The van der Waals surface area contributed by atoms with Crippen LogP contribution in [0.2, 0.25) is 0 Å². The highest BCUT2D eigenvalue weighted by Gasteiger charge is 2.17. The van der Waals surface area contributed by atoms with E-state index in [4.69, 9.17) is 0 Å². The number of aliphatic hydroxyl groups excluding tert-OH is 2. The lowest BCUT2D eigenvalue weighted by Crippen LogP contribution is -2.45. The molecule has 3 N–H and O–H groups in total. The number of amides is 1. The van der Waals surface area contributed by atoms with Crippen LogP contribution in [0.3, 0.4) is 0 Å². The molecule has 0 aliphatic heterocycles. The molecule has 0 bridgehead atoms. The predicted octanol–water partition coefficient (Wildman–Crippen LogP) is 12.8. The van der Waals surface area contributed by atoms with Gasteiger partial charge >= 0.3 is 0 Å². The second kappa shape index (κ2) is 39.8. The molecule has 280 valence electrons. The van der Waals surface area contributed by atoms with E-state index in [9.17, 15) is 15.0 Å². The highest BCUT2D eigenvalue weighted by Crippen LogP contribution is 2.14. The van der Waals surface area contributed by atoms with Gasteiger partial charge in [-0.15, -0.1) is 0 Å². The number of rotatable bonds is 37. The first-order valence-corrected chi connectivity index (χ1v) is 20.9. The third-order valence-corrected chi connectivity index (χ3v) is 9.31. The number of carbonyl (C=O) groups excluding carboxylic acids is 1.